The maximum atomic E-state index is 13.0. The van der Waals surface area contributed by atoms with Crippen LogP contribution in [0.2, 0.25) is 0 Å². The Morgan fingerprint density at radius 3 is 2.15 bits per heavy atom. The molecule has 3 atom stereocenters. The number of hydrogen-bond donors (Lipinski definition) is 2. The smallest absolute Gasteiger partial charge is 0.410 e. The Balaban J connectivity index is 2.07. The van der Waals surface area contributed by atoms with Crippen molar-refractivity contribution in [2.75, 3.05) is 13.1 Å². The summed E-state index contributed by atoms with van der Waals surface area (Å²) in [4.78, 5) is 51.7. The number of rotatable bonds is 4. The SMILES string of the molecule is CC(NC(=O)C1CCCN1C(=O)C1CCCN1C(=O)OC(C)(C)C)C(=O)O. The molecule has 9 nitrogen and oxygen atoms in total. The molecule has 3 amide bonds. The number of amides is 3. The van der Waals surface area contributed by atoms with Crippen LogP contribution in [0.4, 0.5) is 4.79 Å². The molecule has 2 aliphatic rings. The lowest BCUT2D eigenvalue weighted by atomic mass is 10.1. The standard InChI is InChI=1S/C18H29N3O6/c1-11(16(24)25)19-14(22)12-7-5-9-20(12)15(23)13-8-6-10-21(13)17(26)27-18(2,3)4/h11-13H,5-10H2,1-4H3,(H,19,22)(H,24,25). The van der Waals surface area contributed by atoms with Gasteiger partial charge in [-0.1, -0.05) is 0 Å². The fraction of sp³-hybridized carbons (Fsp3) is 0.778. The highest BCUT2D eigenvalue weighted by Gasteiger charge is 2.43. The summed E-state index contributed by atoms with van der Waals surface area (Å²) in [6.07, 6.45) is 1.82. The van der Waals surface area contributed by atoms with Crippen molar-refractivity contribution in [1.29, 1.82) is 0 Å². The largest absolute Gasteiger partial charge is 0.480 e. The summed E-state index contributed by atoms with van der Waals surface area (Å²) in [6, 6.07) is -2.38. The molecule has 3 unspecified atom stereocenters. The van der Waals surface area contributed by atoms with Gasteiger partial charge >= 0.3 is 12.1 Å². The molecule has 2 fully saturated rings. The van der Waals surface area contributed by atoms with Gasteiger partial charge in [-0.15, -0.1) is 0 Å². The molecule has 0 aromatic carbocycles. The van der Waals surface area contributed by atoms with Gasteiger partial charge in [-0.05, 0) is 53.4 Å². The summed E-state index contributed by atoms with van der Waals surface area (Å²) in [5.74, 6) is -1.89. The van der Waals surface area contributed by atoms with Gasteiger partial charge in [-0.3, -0.25) is 19.3 Å². The molecule has 0 bridgehead atoms. The zero-order chi connectivity index (χ0) is 20.4. The van der Waals surface area contributed by atoms with E-state index < -0.39 is 41.7 Å². The monoisotopic (exact) mass is 383 g/mol. The zero-order valence-corrected chi connectivity index (χ0v) is 16.4. The minimum absolute atomic E-state index is 0.279. The number of nitrogens with zero attached hydrogens (tertiary/aromatic N) is 2. The molecule has 0 saturated carbocycles. The number of carbonyl (C=O) groups excluding carboxylic acids is 3. The molecule has 152 valence electrons. The maximum absolute atomic E-state index is 13.0. The molecule has 0 spiro atoms. The molecule has 27 heavy (non-hydrogen) atoms. The van der Waals surface area contributed by atoms with Crippen LogP contribution < -0.4 is 5.32 Å². The zero-order valence-electron chi connectivity index (χ0n) is 16.4. The molecule has 9 heteroatoms. The Labute approximate surface area is 159 Å². The van der Waals surface area contributed by atoms with Gasteiger partial charge in [0.25, 0.3) is 0 Å². The van der Waals surface area contributed by atoms with Crippen LogP contribution in [0.5, 0.6) is 0 Å². The number of nitrogens with one attached hydrogen (secondary N) is 1. The van der Waals surface area contributed by atoms with Crippen LogP contribution in [-0.2, 0) is 19.1 Å². The molecule has 2 aliphatic heterocycles. The average molecular weight is 383 g/mol. The number of aliphatic carboxylic acids is 1. The van der Waals surface area contributed by atoms with Crippen molar-refractivity contribution in [3.05, 3.63) is 0 Å². The van der Waals surface area contributed by atoms with E-state index in [4.69, 9.17) is 9.84 Å². The van der Waals surface area contributed by atoms with E-state index in [1.54, 1.807) is 20.8 Å². The maximum Gasteiger partial charge on any atom is 0.410 e. The van der Waals surface area contributed by atoms with Crippen LogP contribution in [0.1, 0.15) is 53.4 Å². The third-order valence-electron chi connectivity index (χ3n) is 4.73. The Hall–Kier alpha value is -2.32. The van der Waals surface area contributed by atoms with Crippen molar-refractivity contribution >= 4 is 23.9 Å². The van der Waals surface area contributed by atoms with Gasteiger partial charge in [-0.25, -0.2) is 4.79 Å². The Bertz CT molecular complexity index is 615. The summed E-state index contributed by atoms with van der Waals surface area (Å²) in [7, 11) is 0. The van der Waals surface area contributed by atoms with Gasteiger partial charge in [0.15, 0.2) is 0 Å². The van der Waals surface area contributed by atoms with Crippen molar-refractivity contribution in [1.82, 2.24) is 15.1 Å². The number of carbonyl (C=O) groups is 4. The molecule has 0 aromatic rings. The van der Waals surface area contributed by atoms with Crippen LogP contribution >= 0.6 is 0 Å². The van der Waals surface area contributed by atoms with E-state index in [-0.39, 0.29) is 5.91 Å². The van der Waals surface area contributed by atoms with Crippen molar-refractivity contribution < 1.29 is 29.0 Å². The first kappa shape index (κ1) is 21.0. The van der Waals surface area contributed by atoms with Gasteiger partial charge in [0.1, 0.15) is 23.7 Å². The Morgan fingerprint density at radius 2 is 1.59 bits per heavy atom. The van der Waals surface area contributed by atoms with E-state index in [0.717, 1.165) is 0 Å². The quantitative estimate of drug-likeness (QED) is 0.747. The second-order valence-corrected chi connectivity index (χ2v) is 8.09. The second-order valence-electron chi connectivity index (χ2n) is 8.09. The topological polar surface area (TPSA) is 116 Å². The molecular formula is C18H29N3O6. The molecular weight excluding hydrogens is 354 g/mol. The van der Waals surface area contributed by atoms with E-state index >= 15 is 0 Å². The summed E-state index contributed by atoms with van der Waals surface area (Å²) in [5, 5.41) is 11.4. The minimum atomic E-state index is -1.13. The number of ether oxygens (including phenoxy) is 1. The van der Waals surface area contributed by atoms with Crippen molar-refractivity contribution in [2.24, 2.45) is 0 Å². The number of carboxylic acids is 1. The minimum Gasteiger partial charge on any atom is -0.480 e. The Morgan fingerprint density at radius 1 is 1.04 bits per heavy atom. The second kappa shape index (κ2) is 8.14. The van der Waals surface area contributed by atoms with Crippen molar-refractivity contribution in [2.45, 2.75) is 77.1 Å². The van der Waals surface area contributed by atoms with Crippen molar-refractivity contribution in [3.8, 4) is 0 Å². The average Bonchev–Trinajstić information content (AvgIpc) is 3.21. The number of hydrogen-bond acceptors (Lipinski definition) is 5. The van der Waals surface area contributed by atoms with Crippen molar-refractivity contribution in [3.63, 3.8) is 0 Å². The molecule has 0 aromatic heterocycles. The predicted molar refractivity (Wildman–Crippen MR) is 95.9 cm³/mol. The molecule has 2 saturated heterocycles. The van der Waals surface area contributed by atoms with Gasteiger partial charge in [-0.2, -0.15) is 0 Å². The first-order valence-corrected chi connectivity index (χ1v) is 9.34. The molecule has 0 aliphatic carbocycles. The fourth-order valence-electron chi connectivity index (χ4n) is 3.43. The third-order valence-corrected chi connectivity index (χ3v) is 4.73. The lowest BCUT2D eigenvalue weighted by Gasteiger charge is -2.32. The van der Waals surface area contributed by atoms with Gasteiger partial charge in [0.2, 0.25) is 11.8 Å². The first-order valence-electron chi connectivity index (χ1n) is 9.34. The molecule has 0 radical (unpaired) electrons. The molecule has 2 N–H and O–H groups in total. The van der Waals surface area contributed by atoms with Crippen LogP contribution in [0, 0.1) is 0 Å². The normalized spacial score (nSPS) is 23.9. The van der Waals surface area contributed by atoms with E-state index in [1.807, 2.05) is 0 Å². The summed E-state index contributed by atoms with van der Waals surface area (Å²) < 4.78 is 5.39. The van der Waals surface area contributed by atoms with Crippen LogP contribution in [-0.4, -0.2) is 75.6 Å². The third kappa shape index (κ3) is 5.11. The van der Waals surface area contributed by atoms with E-state index in [9.17, 15) is 19.2 Å². The number of carboxylic acid groups (broad SMARTS) is 1. The van der Waals surface area contributed by atoms with Gasteiger partial charge < -0.3 is 20.1 Å². The van der Waals surface area contributed by atoms with Crippen LogP contribution in [0.3, 0.4) is 0 Å². The number of likely N-dealkylation sites (tertiary alicyclic amines) is 2. The van der Waals surface area contributed by atoms with E-state index in [0.29, 0.717) is 38.8 Å². The highest BCUT2D eigenvalue weighted by molar-refractivity contribution is 5.93. The molecule has 2 heterocycles. The predicted octanol–water partition coefficient (Wildman–Crippen LogP) is 0.966. The molecule has 2 rings (SSSR count). The highest BCUT2D eigenvalue weighted by atomic mass is 16.6. The Kier molecular flexibility index (Phi) is 6.33. The van der Waals surface area contributed by atoms with Gasteiger partial charge in [0, 0.05) is 13.1 Å². The van der Waals surface area contributed by atoms with E-state index in [2.05, 4.69) is 5.32 Å². The highest BCUT2D eigenvalue weighted by Crippen LogP contribution is 2.26. The summed E-state index contributed by atoms with van der Waals surface area (Å²) in [6.45, 7) is 7.53. The van der Waals surface area contributed by atoms with Gasteiger partial charge in [0.05, 0.1) is 0 Å². The first-order chi connectivity index (χ1) is 12.5. The summed E-state index contributed by atoms with van der Waals surface area (Å²) >= 11 is 0. The lowest BCUT2D eigenvalue weighted by molar-refractivity contribution is -0.144. The summed E-state index contributed by atoms with van der Waals surface area (Å²) in [5.41, 5.74) is -0.656. The lowest BCUT2D eigenvalue weighted by Crippen LogP contribution is -2.54. The van der Waals surface area contributed by atoms with Crippen LogP contribution in [0.15, 0.2) is 0 Å². The van der Waals surface area contributed by atoms with E-state index in [1.165, 1.54) is 16.7 Å². The fourth-order valence-corrected chi connectivity index (χ4v) is 3.43. The van der Waals surface area contributed by atoms with Crippen LogP contribution in [0.25, 0.3) is 0 Å².